The lowest BCUT2D eigenvalue weighted by molar-refractivity contribution is -0.138. The van der Waals surface area contributed by atoms with Gasteiger partial charge in [-0.25, -0.2) is 0 Å². The second-order valence-corrected chi connectivity index (χ2v) is 4.12. The van der Waals surface area contributed by atoms with Crippen molar-refractivity contribution in [1.82, 2.24) is 15.5 Å². The van der Waals surface area contributed by atoms with E-state index in [0.717, 1.165) is 25.9 Å². The molecule has 2 N–H and O–H groups in total. The van der Waals surface area contributed by atoms with Gasteiger partial charge in [-0.1, -0.05) is 6.92 Å². The fraction of sp³-hybridized carbons (Fsp3) is 0.818. The van der Waals surface area contributed by atoms with Crippen LogP contribution in [0.25, 0.3) is 0 Å². The van der Waals surface area contributed by atoms with E-state index in [1.54, 1.807) is 11.9 Å². The molecule has 0 aromatic heterocycles. The summed E-state index contributed by atoms with van der Waals surface area (Å²) in [5.74, 6) is 0.0550. The van der Waals surface area contributed by atoms with Crippen molar-refractivity contribution in [2.24, 2.45) is 5.92 Å². The predicted molar refractivity (Wildman–Crippen MR) is 61.9 cm³/mol. The minimum atomic E-state index is -0.104. The van der Waals surface area contributed by atoms with Crippen LogP contribution in [0.1, 0.15) is 19.8 Å². The molecule has 0 aliphatic carbocycles. The smallest absolute Gasteiger partial charge is 0.239 e. The van der Waals surface area contributed by atoms with Crippen molar-refractivity contribution in [3.05, 3.63) is 0 Å². The summed E-state index contributed by atoms with van der Waals surface area (Å²) in [5.41, 5.74) is 0. The predicted octanol–water partition coefficient (Wildman–Crippen LogP) is -0.419. The standard InChI is InChI=1S/C11H21N3O2/c1-3-6-14(8-10(15)12-2)11(16)9-4-5-13-7-9/h9,13H,3-8H2,1-2H3,(H,12,15). The summed E-state index contributed by atoms with van der Waals surface area (Å²) in [6.45, 7) is 4.49. The molecule has 0 aromatic rings. The van der Waals surface area contributed by atoms with Gasteiger partial charge in [0.05, 0.1) is 12.5 Å². The van der Waals surface area contributed by atoms with Crippen molar-refractivity contribution in [2.75, 3.05) is 33.2 Å². The van der Waals surface area contributed by atoms with Crippen molar-refractivity contribution >= 4 is 11.8 Å². The first-order chi connectivity index (χ1) is 7.69. The van der Waals surface area contributed by atoms with E-state index < -0.39 is 0 Å². The van der Waals surface area contributed by atoms with Crippen LogP contribution in [-0.2, 0) is 9.59 Å². The van der Waals surface area contributed by atoms with Gasteiger partial charge in [-0.3, -0.25) is 9.59 Å². The maximum Gasteiger partial charge on any atom is 0.239 e. The van der Waals surface area contributed by atoms with E-state index in [-0.39, 0.29) is 24.3 Å². The van der Waals surface area contributed by atoms with E-state index in [4.69, 9.17) is 0 Å². The van der Waals surface area contributed by atoms with Crippen LogP contribution in [0.3, 0.4) is 0 Å². The van der Waals surface area contributed by atoms with Gasteiger partial charge in [-0.15, -0.1) is 0 Å². The Bertz CT molecular complexity index is 250. The van der Waals surface area contributed by atoms with Gasteiger partial charge in [0.25, 0.3) is 0 Å². The number of nitrogens with one attached hydrogen (secondary N) is 2. The van der Waals surface area contributed by atoms with Gasteiger partial charge in [-0.05, 0) is 19.4 Å². The summed E-state index contributed by atoms with van der Waals surface area (Å²) >= 11 is 0. The number of hydrogen-bond acceptors (Lipinski definition) is 3. The molecule has 1 saturated heterocycles. The average Bonchev–Trinajstić information content (AvgIpc) is 2.80. The molecule has 5 heteroatoms. The van der Waals surface area contributed by atoms with Gasteiger partial charge in [0.1, 0.15) is 0 Å². The molecule has 0 spiro atoms. The fourth-order valence-electron chi connectivity index (χ4n) is 1.91. The molecule has 16 heavy (non-hydrogen) atoms. The number of amides is 2. The van der Waals surface area contributed by atoms with Crippen LogP contribution in [0.2, 0.25) is 0 Å². The number of nitrogens with zero attached hydrogens (tertiary/aromatic N) is 1. The van der Waals surface area contributed by atoms with Crippen molar-refractivity contribution in [1.29, 1.82) is 0 Å². The van der Waals surface area contributed by atoms with Crippen molar-refractivity contribution in [3.63, 3.8) is 0 Å². The summed E-state index contributed by atoms with van der Waals surface area (Å²) in [7, 11) is 1.59. The third-order valence-electron chi connectivity index (χ3n) is 2.83. The van der Waals surface area contributed by atoms with Crippen molar-refractivity contribution < 1.29 is 9.59 Å². The van der Waals surface area contributed by atoms with E-state index in [2.05, 4.69) is 10.6 Å². The zero-order chi connectivity index (χ0) is 12.0. The number of likely N-dealkylation sites (N-methyl/N-ethyl adjacent to an activating group) is 1. The Morgan fingerprint density at radius 1 is 1.50 bits per heavy atom. The van der Waals surface area contributed by atoms with Crippen LogP contribution in [-0.4, -0.2) is 49.9 Å². The second-order valence-electron chi connectivity index (χ2n) is 4.12. The molecule has 92 valence electrons. The lowest BCUT2D eigenvalue weighted by atomic mass is 10.1. The van der Waals surface area contributed by atoms with Crippen LogP contribution in [0.5, 0.6) is 0 Å². The van der Waals surface area contributed by atoms with Crippen LogP contribution in [0, 0.1) is 5.92 Å². The molecule has 1 aliphatic heterocycles. The Morgan fingerprint density at radius 2 is 2.25 bits per heavy atom. The first kappa shape index (κ1) is 13.0. The zero-order valence-corrected chi connectivity index (χ0v) is 10.1. The minimum absolute atomic E-state index is 0.0520. The lowest BCUT2D eigenvalue weighted by Gasteiger charge is -2.24. The molecule has 1 aliphatic rings. The molecule has 1 unspecified atom stereocenters. The SMILES string of the molecule is CCCN(CC(=O)NC)C(=O)C1CCNC1. The number of rotatable bonds is 5. The number of carbonyl (C=O) groups is 2. The molecule has 0 radical (unpaired) electrons. The first-order valence-corrected chi connectivity index (χ1v) is 5.89. The number of carbonyl (C=O) groups excluding carboxylic acids is 2. The summed E-state index contributed by atoms with van der Waals surface area (Å²) in [4.78, 5) is 25.1. The molecule has 1 fully saturated rings. The highest BCUT2D eigenvalue weighted by atomic mass is 16.2. The van der Waals surface area contributed by atoms with E-state index in [9.17, 15) is 9.59 Å². The Labute approximate surface area is 96.6 Å². The first-order valence-electron chi connectivity index (χ1n) is 5.89. The molecular formula is C11H21N3O2. The van der Waals surface area contributed by atoms with Crippen molar-refractivity contribution in [2.45, 2.75) is 19.8 Å². The third kappa shape index (κ3) is 3.48. The number of hydrogen-bond donors (Lipinski definition) is 2. The monoisotopic (exact) mass is 227 g/mol. The Balaban J connectivity index is 2.53. The third-order valence-corrected chi connectivity index (χ3v) is 2.83. The summed E-state index contributed by atoms with van der Waals surface area (Å²) in [6, 6.07) is 0. The van der Waals surface area contributed by atoms with E-state index in [1.807, 2.05) is 6.92 Å². The zero-order valence-electron chi connectivity index (χ0n) is 10.1. The van der Waals surface area contributed by atoms with Gasteiger partial charge < -0.3 is 15.5 Å². The Kier molecular flexibility index (Phi) is 5.25. The summed E-state index contributed by atoms with van der Waals surface area (Å²) in [5, 5.41) is 5.72. The fourth-order valence-corrected chi connectivity index (χ4v) is 1.91. The second kappa shape index (κ2) is 6.48. The quantitative estimate of drug-likeness (QED) is 0.670. The van der Waals surface area contributed by atoms with Gasteiger partial charge in [0.2, 0.25) is 11.8 Å². The lowest BCUT2D eigenvalue weighted by Crippen LogP contribution is -2.43. The molecule has 0 bridgehead atoms. The highest BCUT2D eigenvalue weighted by Crippen LogP contribution is 2.11. The van der Waals surface area contributed by atoms with E-state index >= 15 is 0 Å². The normalized spacial score (nSPS) is 19.5. The molecule has 0 aromatic carbocycles. The van der Waals surface area contributed by atoms with E-state index in [1.165, 1.54) is 0 Å². The maximum absolute atomic E-state index is 12.1. The van der Waals surface area contributed by atoms with Crippen LogP contribution in [0.4, 0.5) is 0 Å². The highest BCUT2D eigenvalue weighted by molar-refractivity contribution is 5.86. The van der Waals surface area contributed by atoms with Gasteiger partial charge in [-0.2, -0.15) is 0 Å². The summed E-state index contributed by atoms with van der Waals surface area (Å²) < 4.78 is 0. The average molecular weight is 227 g/mol. The maximum atomic E-state index is 12.1. The Hall–Kier alpha value is -1.10. The topological polar surface area (TPSA) is 61.4 Å². The van der Waals surface area contributed by atoms with Crippen molar-refractivity contribution in [3.8, 4) is 0 Å². The molecule has 1 atom stereocenters. The molecule has 5 nitrogen and oxygen atoms in total. The van der Waals surface area contributed by atoms with Crippen LogP contribution in [0.15, 0.2) is 0 Å². The highest BCUT2D eigenvalue weighted by Gasteiger charge is 2.27. The molecule has 1 rings (SSSR count). The molecule has 1 heterocycles. The van der Waals surface area contributed by atoms with Gasteiger partial charge in [0, 0.05) is 20.1 Å². The Morgan fingerprint density at radius 3 is 2.75 bits per heavy atom. The molecule has 0 saturated carbocycles. The largest absolute Gasteiger partial charge is 0.358 e. The molecule has 2 amide bonds. The van der Waals surface area contributed by atoms with Crippen LogP contribution >= 0.6 is 0 Å². The minimum Gasteiger partial charge on any atom is -0.358 e. The van der Waals surface area contributed by atoms with E-state index in [0.29, 0.717) is 6.54 Å². The van der Waals surface area contributed by atoms with Gasteiger partial charge in [0.15, 0.2) is 0 Å². The summed E-state index contributed by atoms with van der Waals surface area (Å²) in [6.07, 6.45) is 1.76. The van der Waals surface area contributed by atoms with Crippen LogP contribution < -0.4 is 10.6 Å². The van der Waals surface area contributed by atoms with Gasteiger partial charge >= 0.3 is 0 Å². The molecular weight excluding hydrogens is 206 g/mol.